The molecule has 0 spiro atoms. The molecule has 7 nitrogen and oxygen atoms in total. The van der Waals surface area contributed by atoms with Gasteiger partial charge in [-0.05, 0) is 36.8 Å². The number of rotatable bonds is 6. The lowest BCUT2D eigenvalue weighted by molar-refractivity contribution is -0.131. The zero-order chi connectivity index (χ0) is 20.6. The van der Waals surface area contributed by atoms with Crippen LogP contribution in [0.3, 0.4) is 0 Å². The highest BCUT2D eigenvalue weighted by Gasteiger charge is 2.21. The van der Waals surface area contributed by atoms with Crippen molar-refractivity contribution >= 4 is 23.3 Å². The van der Waals surface area contributed by atoms with Gasteiger partial charge in [0.1, 0.15) is 5.75 Å². The number of ether oxygens (including phenoxy) is 1. The lowest BCUT2D eigenvalue weighted by Crippen LogP contribution is -2.49. The van der Waals surface area contributed by atoms with Gasteiger partial charge in [-0.3, -0.25) is 4.79 Å². The maximum Gasteiger partial charge on any atom is 0.319 e. The van der Waals surface area contributed by atoms with Gasteiger partial charge in [0.05, 0.1) is 12.8 Å². The summed E-state index contributed by atoms with van der Waals surface area (Å²) in [6, 6.07) is 15.4. The lowest BCUT2D eigenvalue weighted by Gasteiger charge is -2.36. The van der Waals surface area contributed by atoms with Crippen LogP contribution in [0, 0.1) is 6.92 Å². The molecule has 1 aliphatic heterocycles. The first-order valence-corrected chi connectivity index (χ1v) is 9.84. The average molecular weight is 396 g/mol. The van der Waals surface area contributed by atoms with Gasteiger partial charge in [0.25, 0.3) is 0 Å². The summed E-state index contributed by atoms with van der Waals surface area (Å²) in [6.07, 6.45) is 0.281. The van der Waals surface area contributed by atoms with Crippen LogP contribution in [-0.2, 0) is 4.79 Å². The second kappa shape index (κ2) is 9.82. The number of urea groups is 1. The molecule has 1 aliphatic rings. The number of hydrogen-bond donors (Lipinski definition) is 2. The molecule has 0 saturated carbocycles. The van der Waals surface area contributed by atoms with Crippen LogP contribution in [0.5, 0.6) is 5.75 Å². The highest BCUT2D eigenvalue weighted by atomic mass is 16.5. The number of aryl methyl sites for hydroxylation is 1. The number of amides is 3. The van der Waals surface area contributed by atoms with Crippen molar-refractivity contribution in [3.05, 3.63) is 54.1 Å². The highest BCUT2D eigenvalue weighted by Crippen LogP contribution is 2.25. The fourth-order valence-corrected chi connectivity index (χ4v) is 3.38. The van der Waals surface area contributed by atoms with Crippen LogP contribution >= 0.6 is 0 Å². The average Bonchev–Trinajstić information content (AvgIpc) is 2.74. The summed E-state index contributed by atoms with van der Waals surface area (Å²) in [6.45, 7) is 5.25. The molecule has 0 atom stereocenters. The van der Waals surface area contributed by atoms with Crippen LogP contribution in [0.15, 0.2) is 48.5 Å². The Hall–Kier alpha value is -3.22. The topological polar surface area (TPSA) is 73.9 Å². The maximum atomic E-state index is 12.4. The summed E-state index contributed by atoms with van der Waals surface area (Å²) < 4.78 is 5.26. The van der Waals surface area contributed by atoms with Crippen LogP contribution in [0.4, 0.5) is 16.2 Å². The summed E-state index contributed by atoms with van der Waals surface area (Å²) in [5.41, 5.74) is 2.81. The molecule has 0 aromatic heterocycles. The van der Waals surface area contributed by atoms with Gasteiger partial charge in [0.2, 0.25) is 5.91 Å². The van der Waals surface area contributed by atoms with E-state index in [-0.39, 0.29) is 24.9 Å². The quantitative estimate of drug-likeness (QED) is 0.788. The van der Waals surface area contributed by atoms with Gasteiger partial charge >= 0.3 is 6.03 Å². The molecule has 154 valence electrons. The van der Waals surface area contributed by atoms with Gasteiger partial charge in [-0.15, -0.1) is 0 Å². The fraction of sp³-hybridized carbons (Fsp3) is 0.364. The van der Waals surface area contributed by atoms with E-state index in [9.17, 15) is 9.59 Å². The molecule has 1 saturated heterocycles. The second-order valence-corrected chi connectivity index (χ2v) is 7.04. The minimum Gasteiger partial charge on any atom is -0.495 e. The molecule has 3 amide bonds. The van der Waals surface area contributed by atoms with E-state index in [1.165, 1.54) is 5.69 Å². The molecule has 3 rings (SSSR count). The predicted molar refractivity (Wildman–Crippen MR) is 115 cm³/mol. The molecule has 2 N–H and O–H groups in total. The summed E-state index contributed by atoms with van der Waals surface area (Å²) in [5, 5.41) is 5.52. The Bertz CT molecular complexity index is 833. The van der Waals surface area contributed by atoms with Crippen molar-refractivity contribution in [3.63, 3.8) is 0 Å². The maximum absolute atomic E-state index is 12.4. The molecule has 29 heavy (non-hydrogen) atoms. The number of benzene rings is 2. The first-order chi connectivity index (χ1) is 14.1. The molecule has 0 unspecified atom stereocenters. The number of nitrogens with one attached hydrogen (secondary N) is 2. The SMILES string of the molecule is COc1ccc(C)cc1NC(=O)NCCC(=O)N1CCN(c2ccccc2)CC1. The molecule has 2 aromatic rings. The van der Waals surface area contributed by atoms with E-state index >= 15 is 0 Å². The Labute approximate surface area is 171 Å². The van der Waals surface area contributed by atoms with Crippen LogP contribution in [-0.4, -0.2) is 56.7 Å². The summed E-state index contributed by atoms with van der Waals surface area (Å²) >= 11 is 0. The molecular formula is C22H28N4O3. The third-order valence-electron chi connectivity index (χ3n) is 4.98. The van der Waals surface area contributed by atoms with Crippen molar-refractivity contribution in [2.45, 2.75) is 13.3 Å². The van der Waals surface area contributed by atoms with E-state index < -0.39 is 0 Å². The summed E-state index contributed by atoms with van der Waals surface area (Å²) in [4.78, 5) is 28.7. The minimum atomic E-state index is -0.351. The Balaban J connectivity index is 1.40. The molecular weight excluding hydrogens is 368 g/mol. The number of hydrogen-bond acceptors (Lipinski definition) is 4. The largest absolute Gasteiger partial charge is 0.495 e. The lowest BCUT2D eigenvalue weighted by atomic mass is 10.2. The Morgan fingerprint density at radius 2 is 1.76 bits per heavy atom. The zero-order valence-corrected chi connectivity index (χ0v) is 17.0. The fourth-order valence-electron chi connectivity index (χ4n) is 3.38. The van der Waals surface area contributed by atoms with Gasteiger partial charge in [-0.1, -0.05) is 24.3 Å². The van der Waals surface area contributed by atoms with Gasteiger partial charge in [-0.25, -0.2) is 4.79 Å². The minimum absolute atomic E-state index is 0.0612. The van der Waals surface area contributed by atoms with Gasteiger partial charge in [0, 0.05) is 44.8 Å². The number of nitrogens with zero attached hydrogens (tertiary/aromatic N) is 2. The molecule has 7 heteroatoms. The number of carbonyl (C=O) groups excluding carboxylic acids is 2. The smallest absolute Gasteiger partial charge is 0.319 e. The zero-order valence-electron chi connectivity index (χ0n) is 17.0. The first kappa shape index (κ1) is 20.5. The van der Waals surface area contributed by atoms with E-state index in [4.69, 9.17) is 4.74 Å². The van der Waals surface area contributed by atoms with Crippen molar-refractivity contribution in [1.82, 2.24) is 10.2 Å². The Morgan fingerprint density at radius 3 is 2.45 bits per heavy atom. The normalized spacial score (nSPS) is 13.7. The standard InChI is InChI=1S/C22H28N4O3/c1-17-8-9-20(29-2)19(16-17)24-22(28)23-11-10-21(27)26-14-12-25(13-15-26)18-6-4-3-5-7-18/h3-9,16H,10-15H2,1-2H3,(H2,23,24,28). The second-order valence-electron chi connectivity index (χ2n) is 7.04. The van der Waals surface area contributed by atoms with Gasteiger partial charge < -0.3 is 25.2 Å². The van der Waals surface area contributed by atoms with Gasteiger partial charge in [0.15, 0.2) is 0 Å². The first-order valence-electron chi connectivity index (χ1n) is 9.84. The molecule has 0 aliphatic carbocycles. The van der Waals surface area contributed by atoms with Crippen molar-refractivity contribution in [2.24, 2.45) is 0 Å². The number of methoxy groups -OCH3 is 1. The Morgan fingerprint density at radius 1 is 1.03 bits per heavy atom. The molecule has 1 heterocycles. The number of piperazine rings is 1. The van der Waals surface area contributed by atoms with Crippen LogP contribution in [0.2, 0.25) is 0 Å². The summed E-state index contributed by atoms with van der Waals surface area (Å²) in [7, 11) is 1.56. The Kier molecular flexibility index (Phi) is 6.94. The number of anilines is 2. The van der Waals surface area contributed by atoms with Crippen molar-refractivity contribution in [3.8, 4) is 5.75 Å². The van der Waals surface area contributed by atoms with Crippen LogP contribution in [0.1, 0.15) is 12.0 Å². The highest BCUT2D eigenvalue weighted by molar-refractivity contribution is 5.91. The number of carbonyl (C=O) groups is 2. The number of para-hydroxylation sites is 1. The molecule has 0 bridgehead atoms. The van der Waals surface area contributed by atoms with Gasteiger partial charge in [-0.2, -0.15) is 0 Å². The predicted octanol–water partition coefficient (Wildman–Crippen LogP) is 2.86. The van der Waals surface area contributed by atoms with E-state index in [1.807, 2.05) is 48.2 Å². The van der Waals surface area contributed by atoms with E-state index in [1.54, 1.807) is 7.11 Å². The third-order valence-corrected chi connectivity index (χ3v) is 4.98. The van der Waals surface area contributed by atoms with Crippen LogP contribution < -0.4 is 20.3 Å². The van der Waals surface area contributed by atoms with Crippen LogP contribution in [0.25, 0.3) is 0 Å². The van der Waals surface area contributed by atoms with E-state index in [0.717, 1.165) is 18.7 Å². The van der Waals surface area contributed by atoms with Crippen molar-refractivity contribution in [1.29, 1.82) is 0 Å². The van der Waals surface area contributed by atoms with E-state index in [0.29, 0.717) is 24.5 Å². The molecule has 1 fully saturated rings. The third kappa shape index (κ3) is 5.63. The van der Waals surface area contributed by atoms with Crippen molar-refractivity contribution < 1.29 is 14.3 Å². The van der Waals surface area contributed by atoms with Crippen molar-refractivity contribution in [2.75, 3.05) is 50.1 Å². The summed E-state index contributed by atoms with van der Waals surface area (Å²) in [5.74, 6) is 0.657. The van der Waals surface area contributed by atoms with E-state index in [2.05, 4.69) is 27.7 Å². The monoisotopic (exact) mass is 396 g/mol. The molecule has 2 aromatic carbocycles. The molecule has 0 radical (unpaired) electrons.